The summed E-state index contributed by atoms with van der Waals surface area (Å²) in [5.41, 5.74) is 0.828. The largest absolute Gasteiger partial charge is 0.493 e. The van der Waals surface area contributed by atoms with E-state index in [1.54, 1.807) is 26.0 Å². The Balaban J connectivity index is 2.67. The molecule has 1 amide bonds. The number of benzene rings is 1. The number of rotatable bonds is 6. The fourth-order valence-electron chi connectivity index (χ4n) is 2.70. The second-order valence-electron chi connectivity index (χ2n) is 5.29. The number of carboxylic acid groups (broad SMARTS) is 1. The number of carbonyl (C=O) groups excluding carboxylic acids is 1. The molecule has 126 valence electrons. The second kappa shape index (κ2) is 6.87. The molecule has 1 aliphatic heterocycles. The molecule has 7 heteroatoms. The van der Waals surface area contributed by atoms with Crippen LogP contribution >= 0.6 is 0 Å². The number of aliphatic carboxylic acids is 1. The van der Waals surface area contributed by atoms with Gasteiger partial charge in [0.15, 0.2) is 17.6 Å². The van der Waals surface area contributed by atoms with E-state index in [1.807, 2.05) is 0 Å². The minimum atomic E-state index is -1.09. The molecule has 0 saturated carbocycles. The number of aliphatic hydroxyl groups excluding tert-OH is 1. The van der Waals surface area contributed by atoms with E-state index in [-0.39, 0.29) is 13.0 Å². The van der Waals surface area contributed by atoms with Crippen LogP contribution in [0.25, 0.3) is 0 Å². The molecule has 0 bridgehead atoms. The summed E-state index contributed by atoms with van der Waals surface area (Å²) in [4.78, 5) is 25.5. The van der Waals surface area contributed by atoms with Crippen molar-refractivity contribution in [1.29, 1.82) is 0 Å². The van der Waals surface area contributed by atoms with Crippen LogP contribution in [0.4, 0.5) is 5.69 Å². The Morgan fingerprint density at radius 2 is 2.13 bits per heavy atom. The number of methoxy groups -OCH3 is 1. The third-order valence-electron chi connectivity index (χ3n) is 3.88. The maximum atomic E-state index is 12.7. The van der Waals surface area contributed by atoms with E-state index >= 15 is 0 Å². The van der Waals surface area contributed by atoms with Gasteiger partial charge in [-0.15, -0.1) is 0 Å². The SMILES string of the molecule is CCC1Oc2c(OC)cc(CO)cc2N(C(CC)C(=O)O)C1=O. The normalized spacial score (nSPS) is 18.2. The zero-order valence-corrected chi connectivity index (χ0v) is 13.4. The molecule has 1 heterocycles. The molecule has 2 atom stereocenters. The predicted molar refractivity (Wildman–Crippen MR) is 82.8 cm³/mol. The van der Waals surface area contributed by atoms with Crippen LogP contribution in [0, 0.1) is 0 Å². The Hall–Kier alpha value is -2.28. The van der Waals surface area contributed by atoms with E-state index in [0.717, 1.165) is 0 Å². The van der Waals surface area contributed by atoms with Crippen LogP contribution in [0.1, 0.15) is 32.3 Å². The van der Waals surface area contributed by atoms with Crippen molar-refractivity contribution in [2.24, 2.45) is 0 Å². The molecular weight excluding hydrogens is 302 g/mol. The first-order valence-electron chi connectivity index (χ1n) is 7.52. The summed E-state index contributed by atoms with van der Waals surface area (Å²) in [5.74, 6) is -0.790. The van der Waals surface area contributed by atoms with Gasteiger partial charge in [-0.05, 0) is 30.5 Å². The van der Waals surface area contributed by atoms with Gasteiger partial charge < -0.3 is 19.7 Å². The molecule has 2 unspecified atom stereocenters. The first kappa shape index (κ1) is 17.1. The third kappa shape index (κ3) is 2.96. The van der Waals surface area contributed by atoms with E-state index in [2.05, 4.69) is 0 Å². The van der Waals surface area contributed by atoms with Crippen molar-refractivity contribution in [1.82, 2.24) is 0 Å². The Morgan fingerprint density at radius 3 is 2.61 bits per heavy atom. The lowest BCUT2D eigenvalue weighted by atomic mass is 10.0. The Kier molecular flexibility index (Phi) is 5.10. The number of fused-ring (bicyclic) bond motifs is 1. The molecule has 0 fully saturated rings. The molecule has 2 rings (SSSR count). The topological polar surface area (TPSA) is 96.3 Å². The van der Waals surface area contributed by atoms with Gasteiger partial charge in [0.2, 0.25) is 0 Å². The Bertz CT molecular complexity index is 615. The number of anilines is 1. The van der Waals surface area contributed by atoms with Crippen molar-refractivity contribution in [3.63, 3.8) is 0 Å². The van der Waals surface area contributed by atoms with Crippen molar-refractivity contribution in [2.75, 3.05) is 12.0 Å². The van der Waals surface area contributed by atoms with Crippen LogP contribution in [0.2, 0.25) is 0 Å². The Morgan fingerprint density at radius 1 is 1.43 bits per heavy atom. The molecule has 23 heavy (non-hydrogen) atoms. The molecule has 1 aromatic carbocycles. The van der Waals surface area contributed by atoms with E-state index in [9.17, 15) is 19.8 Å². The fourth-order valence-corrected chi connectivity index (χ4v) is 2.70. The van der Waals surface area contributed by atoms with E-state index in [1.165, 1.54) is 12.0 Å². The maximum absolute atomic E-state index is 12.7. The van der Waals surface area contributed by atoms with E-state index in [0.29, 0.717) is 29.2 Å². The summed E-state index contributed by atoms with van der Waals surface area (Å²) >= 11 is 0. The molecule has 1 aliphatic rings. The highest BCUT2D eigenvalue weighted by atomic mass is 16.5. The molecule has 7 nitrogen and oxygen atoms in total. The van der Waals surface area contributed by atoms with Crippen LogP contribution in [0.5, 0.6) is 11.5 Å². The zero-order chi connectivity index (χ0) is 17.1. The quantitative estimate of drug-likeness (QED) is 0.824. The summed E-state index contributed by atoms with van der Waals surface area (Å²) in [6, 6.07) is 2.17. The average molecular weight is 323 g/mol. The van der Waals surface area contributed by atoms with Crippen LogP contribution in [-0.4, -0.2) is 41.3 Å². The molecule has 0 aromatic heterocycles. The highest BCUT2D eigenvalue weighted by Crippen LogP contribution is 2.44. The minimum Gasteiger partial charge on any atom is -0.493 e. The van der Waals surface area contributed by atoms with Crippen LogP contribution < -0.4 is 14.4 Å². The maximum Gasteiger partial charge on any atom is 0.326 e. The summed E-state index contributed by atoms with van der Waals surface area (Å²) < 4.78 is 11.0. The van der Waals surface area contributed by atoms with Crippen molar-refractivity contribution in [2.45, 2.75) is 45.4 Å². The molecule has 0 saturated heterocycles. The van der Waals surface area contributed by atoms with Crippen LogP contribution in [0.15, 0.2) is 12.1 Å². The number of hydrogen-bond donors (Lipinski definition) is 2. The second-order valence-corrected chi connectivity index (χ2v) is 5.29. The lowest BCUT2D eigenvalue weighted by molar-refractivity contribution is -0.141. The standard InChI is InChI=1S/C16H21NO6/c1-4-10(16(20)21)17-11-6-9(8-18)7-13(22-3)14(11)23-12(5-2)15(17)19/h6-7,10,12,18H,4-5,8H2,1-3H3,(H,20,21). The van der Waals surface area contributed by atoms with Gasteiger partial charge in [-0.1, -0.05) is 13.8 Å². The van der Waals surface area contributed by atoms with Crippen LogP contribution in [0.3, 0.4) is 0 Å². The number of hydrogen-bond acceptors (Lipinski definition) is 5. The molecule has 0 aliphatic carbocycles. The summed E-state index contributed by atoms with van der Waals surface area (Å²) in [5, 5.41) is 18.9. The fraction of sp³-hybridized carbons (Fsp3) is 0.500. The number of nitrogens with zero attached hydrogens (tertiary/aromatic N) is 1. The lowest BCUT2D eigenvalue weighted by Gasteiger charge is -2.37. The smallest absolute Gasteiger partial charge is 0.326 e. The molecule has 0 spiro atoms. The van der Waals surface area contributed by atoms with Gasteiger partial charge in [-0.25, -0.2) is 4.79 Å². The zero-order valence-electron chi connectivity index (χ0n) is 13.4. The van der Waals surface area contributed by atoms with E-state index in [4.69, 9.17) is 9.47 Å². The number of carbonyl (C=O) groups is 2. The predicted octanol–water partition coefficient (Wildman–Crippen LogP) is 1.55. The van der Waals surface area contributed by atoms with Crippen molar-refractivity contribution >= 4 is 17.6 Å². The molecular formula is C16H21NO6. The monoisotopic (exact) mass is 323 g/mol. The van der Waals surface area contributed by atoms with Gasteiger partial charge in [0, 0.05) is 0 Å². The van der Waals surface area contributed by atoms with Gasteiger partial charge in [-0.2, -0.15) is 0 Å². The number of ether oxygens (including phenoxy) is 2. The lowest BCUT2D eigenvalue weighted by Crippen LogP contribution is -2.53. The van der Waals surface area contributed by atoms with Gasteiger partial charge in [0.1, 0.15) is 6.04 Å². The number of carboxylic acids is 1. The van der Waals surface area contributed by atoms with Gasteiger partial charge in [0.05, 0.1) is 19.4 Å². The molecule has 0 radical (unpaired) electrons. The third-order valence-corrected chi connectivity index (χ3v) is 3.88. The number of aliphatic hydroxyl groups is 1. The van der Waals surface area contributed by atoms with Gasteiger partial charge in [-0.3, -0.25) is 9.69 Å². The van der Waals surface area contributed by atoms with Crippen molar-refractivity contribution in [3.05, 3.63) is 17.7 Å². The van der Waals surface area contributed by atoms with Crippen molar-refractivity contribution < 1.29 is 29.3 Å². The number of amides is 1. The molecule has 2 N–H and O–H groups in total. The van der Waals surface area contributed by atoms with Crippen molar-refractivity contribution in [3.8, 4) is 11.5 Å². The molecule has 1 aromatic rings. The highest BCUT2D eigenvalue weighted by Gasteiger charge is 2.41. The first-order valence-corrected chi connectivity index (χ1v) is 7.52. The van der Waals surface area contributed by atoms with Gasteiger partial charge in [0.25, 0.3) is 5.91 Å². The Labute approximate surface area is 134 Å². The minimum absolute atomic E-state index is 0.253. The summed E-state index contributed by atoms with van der Waals surface area (Å²) in [7, 11) is 1.45. The summed E-state index contributed by atoms with van der Waals surface area (Å²) in [6.07, 6.45) is -0.0944. The summed E-state index contributed by atoms with van der Waals surface area (Å²) in [6.45, 7) is 3.24. The van der Waals surface area contributed by atoms with Gasteiger partial charge >= 0.3 is 5.97 Å². The first-order chi connectivity index (χ1) is 11.0. The van der Waals surface area contributed by atoms with E-state index < -0.39 is 24.0 Å². The highest BCUT2D eigenvalue weighted by molar-refractivity contribution is 6.05. The van der Waals surface area contributed by atoms with Crippen LogP contribution in [-0.2, 0) is 16.2 Å². The average Bonchev–Trinajstić information content (AvgIpc) is 2.55.